The first kappa shape index (κ1) is 34.1. The van der Waals surface area contributed by atoms with Gasteiger partial charge < -0.3 is 24.1 Å². The first-order chi connectivity index (χ1) is 20.0. The fourth-order valence-electron chi connectivity index (χ4n) is 5.48. The number of ether oxygens (including phenoxy) is 2. The molecular weight excluding hydrogens is 779 g/mol. The van der Waals surface area contributed by atoms with E-state index in [2.05, 4.69) is 35.6 Å². The van der Waals surface area contributed by atoms with Gasteiger partial charge in [0.25, 0.3) is 0 Å². The Morgan fingerprint density at radius 1 is 1.14 bits per heavy atom. The topological polar surface area (TPSA) is 54.9 Å². The summed E-state index contributed by atoms with van der Waals surface area (Å²) in [6.07, 6.45) is 13.1. The van der Waals surface area contributed by atoms with Crippen molar-refractivity contribution in [2.24, 2.45) is 0 Å². The minimum atomic E-state index is -0.380. The van der Waals surface area contributed by atoms with Crippen molar-refractivity contribution in [1.29, 1.82) is 0 Å². The quantitative estimate of drug-likeness (QED) is 0.187. The summed E-state index contributed by atoms with van der Waals surface area (Å²) >= 11 is 5.84. The molecule has 0 spiro atoms. The number of anilines is 1. The van der Waals surface area contributed by atoms with Crippen LogP contribution in [0.4, 0.5) is 10.1 Å². The van der Waals surface area contributed by atoms with Gasteiger partial charge >= 0.3 is 0 Å². The zero-order chi connectivity index (χ0) is 29.2. The van der Waals surface area contributed by atoms with Crippen LogP contribution in [-0.2, 0) is 16.1 Å². The number of hydrogen-bond donors (Lipinski definition) is 0. The molecule has 2 saturated heterocycles. The standard InChI is InChI=1S/C31H34ClFN3O3.C2H2.U/c1-22-5-6-23(19-37)17-30(22)36(27-11-16-38-21-27)15-14-35-12-9-24(10-13-35)29-3-2-4-31(34-29)39-20-25-7-8-26(32)18-28(25)33;1-2;/h2-8,17-18,24,27H,9-16,20-21H2,1H3;1-2H;/q-1;;/t27-;;/m0../s1. The van der Waals surface area contributed by atoms with Crippen LogP contribution in [0.5, 0.6) is 5.88 Å². The third kappa shape index (κ3) is 9.06. The molecule has 1 aromatic heterocycles. The first-order valence-corrected chi connectivity index (χ1v) is 14.3. The Kier molecular flexibility index (Phi) is 13.8. The van der Waals surface area contributed by atoms with Crippen molar-refractivity contribution in [2.75, 3.05) is 44.3 Å². The Hall–Kier alpha value is -2.39. The van der Waals surface area contributed by atoms with Crippen molar-refractivity contribution >= 4 is 23.6 Å². The van der Waals surface area contributed by atoms with Crippen LogP contribution in [0.15, 0.2) is 54.6 Å². The molecule has 5 rings (SSSR count). The number of hydrogen-bond acceptors (Lipinski definition) is 6. The van der Waals surface area contributed by atoms with Crippen LogP contribution in [0.1, 0.15) is 47.6 Å². The van der Waals surface area contributed by atoms with Crippen LogP contribution >= 0.6 is 11.6 Å². The molecule has 0 aliphatic carbocycles. The maximum absolute atomic E-state index is 14.1. The summed E-state index contributed by atoms with van der Waals surface area (Å²) in [5.74, 6) is 0.484. The number of rotatable bonds is 10. The summed E-state index contributed by atoms with van der Waals surface area (Å²) in [5.41, 5.74) is 4.31. The van der Waals surface area contributed by atoms with Crippen molar-refractivity contribution in [2.45, 2.75) is 44.8 Å². The van der Waals surface area contributed by atoms with Crippen molar-refractivity contribution in [3.63, 3.8) is 0 Å². The third-order valence-corrected chi connectivity index (χ3v) is 8.02. The summed E-state index contributed by atoms with van der Waals surface area (Å²) in [4.78, 5) is 21.0. The van der Waals surface area contributed by atoms with Gasteiger partial charge in [-0.2, -0.15) is 6.07 Å². The van der Waals surface area contributed by atoms with E-state index in [-0.39, 0.29) is 43.5 Å². The second-order valence-corrected chi connectivity index (χ2v) is 10.8. The van der Waals surface area contributed by atoms with E-state index in [0.29, 0.717) is 40.6 Å². The molecule has 220 valence electrons. The van der Waals surface area contributed by atoms with Gasteiger partial charge in [0, 0.05) is 79.1 Å². The first-order valence-electron chi connectivity index (χ1n) is 13.9. The van der Waals surface area contributed by atoms with E-state index in [0.717, 1.165) is 69.0 Å². The number of terminal acetylenes is 1. The molecule has 0 amide bonds. The van der Waals surface area contributed by atoms with Crippen LogP contribution in [-0.4, -0.2) is 61.6 Å². The normalized spacial score (nSPS) is 17.0. The molecule has 0 unspecified atom stereocenters. The molecule has 3 aromatic rings. The average Bonchev–Trinajstić information content (AvgIpc) is 3.54. The van der Waals surface area contributed by atoms with Gasteiger partial charge in [-0.05, 0) is 63.2 Å². The van der Waals surface area contributed by atoms with Gasteiger partial charge in [0.2, 0.25) is 5.88 Å². The molecule has 3 heterocycles. The number of pyridine rings is 1. The van der Waals surface area contributed by atoms with Crippen LogP contribution in [0.3, 0.4) is 0 Å². The second-order valence-electron chi connectivity index (χ2n) is 10.4. The summed E-state index contributed by atoms with van der Waals surface area (Å²) in [5, 5.41) is 0.365. The van der Waals surface area contributed by atoms with Crippen molar-refractivity contribution < 1.29 is 49.8 Å². The second kappa shape index (κ2) is 17.0. The van der Waals surface area contributed by atoms with Gasteiger partial charge in [-0.3, -0.25) is 0 Å². The Morgan fingerprint density at radius 2 is 1.93 bits per heavy atom. The molecule has 2 fully saturated rings. The van der Waals surface area contributed by atoms with Gasteiger partial charge in [-0.25, -0.2) is 9.37 Å². The maximum Gasteiger partial charge on any atom is 0.213 e. The predicted octanol–water partition coefficient (Wildman–Crippen LogP) is 5.94. The summed E-state index contributed by atoms with van der Waals surface area (Å²) < 4.78 is 25.6. The van der Waals surface area contributed by atoms with Crippen LogP contribution in [0, 0.1) is 56.7 Å². The van der Waals surface area contributed by atoms with E-state index in [1.165, 1.54) is 6.07 Å². The number of benzene rings is 2. The monoisotopic (exact) mass is 814 g/mol. The molecular formula is C33H36ClFN3O3U-. The molecule has 0 N–H and O–H groups in total. The maximum atomic E-state index is 14.1. The van der Waals surface area contributed by atoms with Gasteiger partial charge in [-0.1, -0.05) is 29.3 Å². The molecule has 0 radical (unpaired) electrons. The minimum absolute atomic E-state index is 0. The molecule has 2 aromatic carbocycles. The predicted molar refractivity (Wildman–Crippen MR) is 161 cm³/mol. The van der Waals surface area contributed by atoms with E-state index >= 15 is 0 Å². The number of likely N-dealkylation sites (tertiary alicyclic amines) is 1. The third-order valence-electron chi connectivity index (χ3n) is 7.78. The Morgan fingerprint density at radius 3 is 2.62 bits per heavy atom. The Balaban J connectivity index is 0.00000158. The zero-order valence-corrected chi connectivity index (χ0v) is 28.8. The minimum Gasteiger partial charge on any atom is -0.473 e. The summed E-state index contributed by atoms with van der Waals surface area (Å²) in [6, 6.07) is 16.5. The van der Waals surface area contributed by atoms with Crippen LogP contribution in [0.25, 0.3) is 0 Å². The Labute approximate surface area is 277 Å². The van der Waals surface area contributed by atoms with Crippen molar-refractivity contribution in [3.05, 3.63) is 87.8 Å². The van der Waals surface area contributed by atoms with Crippen molar-refractivity contribution in [1.82, 2.24) is 9.88 Å². The number of nitrogens with zero attached hydrogens (tertiary/aromatic N) is 3. The number of piperidine rings is 1. The van der Waals surface area contributed by atoms with Gasteiger partial charge in [0.05, 0.1) is 18.9 Å². The smallest absolute Gasteiger partial charge is 0.213 e. The molecule has 42 heavy (non-hydrogen) atoms. The SMILES string of the molecule is C#C.Cc1ccc([C-]=O)cc1N(CCN1CCC(c2cccc(OCc3ccc(Cl)cc3F)n2)CC1)[C@H]1CCOC1.[U]. The molecule has 6 nitrogen and oxygen atoms in total. The molecule has 0 bridgehead atoms. The average molecular weight is 815 g/mol. The van der Waals surface area contributed by atoms with E-state index in [4.69, 9.17) is 26.1 Å². The molecule has 1 atom stereocenters. The van der Waals surface area contributed by atoms with Gasteiger partial charge in [-0.15, -0.1) is 30.5 Å². The largest absolute Gasteiger partial charge is 0.473 e. The fraction of sp³-hybridized carbons (Fsp3) is 0.394. The van der Waals surface area contributed by atoms with E-state index < -0.39 is 0 Å². The summed E-state index contributed by atoms with van der Waals surface area (Å²) in [6.45, 7) is 7.49. The van der Waals surface area contributed by atoms with E-state index in [1.54, 1.807) is 12.1 Å². The number of aryl methyl sites for hydroxylation is 1. The number of aromatic nitrogens is 1. The number of carbonyl (C=O) groups excluding carboxylic acids is 1. The molecule has 2 aliphatic rings. The fourth-order valence-corrected chi connectivity index (χ4v) is 5.64. The molecule has 0 saturated carbocycles. The van der Waals surface area contributed by atoms with Crippen molar-refractivity contribution in [3.8, 4) is 18.7 Å². The zero-order valence-electron chi connectivity index (χ0n) is 23.9. The molecule has 9 heteroatoms. The number of halogens is 2. The van der Waals surface area contributed by atoms with Gasteiger partial charge in [0.1, 0.15) is 12.4 Å². The Bertz CT molecular complexity index is 1330. The summed E-state index contributed by atoms with van der Waals surface area (Å²) in [7, 11) is 0. The molecule has 2 aliphatic heterocycles. The van der Waals surface area contributed by atoms with Crippen LogP contribution in [0.2, 0.25) is 5.02 Å². The van der Waals surface area contributed by atoms with E-state index in [9.17, 15) is 9.18 Å². The van der Waals surface area contributed by atoms with E-state index in [1.807, 2.05) is 36.6 Å². The van der Waals surface area contributed by atoms with Gasteiger partial charge in [0.15, 0.2) is 0 Å². The van der Waals surface area contributed by atoms with Crippen LogP contribution < -0.4 is 9.64 Å².